The molecule has 0 aromatic rings. The maximum atomic E-state index is 11.8. The van der Waals surface area contributed by atoms with Crippen LogP contribution >= 0.6 is 0 Å². The minimum atomic E-state index is -1.08. The normalized spacial score (nSPS) is 12.2. The standard InChI is InChI=1S/C13H25N3O4/c1-8(2)6-10(12(18)19)15-13(20)16(5)7-11(17)14-9(3)4/h8-10H,6-7H2,1-5H3,(H,14,17)(H,15,20)(H,18,19)/t10-/m0/s1. The minimum Gasteiger partial charge on any atom is -0.480 e. The van der Waals surface area contributed by atoms with Crippen molar-refractivity contribution >= 4 is 17.9 Å². The quantitative estimate of drug-likeness (QED) is 0.640. The van der Waals surface area contributed by atoms with Crippen LogP contribution in [0.3, 0.4) is 0 Å². The monoisotopic (exact) mass is 287 g/mol. The van der Waals surface area contributed by atoms with Gasteiger partial charge in [-0.3, -0.25) is 4.79 Å². The molecule has 20 heavy (non-hydrogen) atoms. The Morgan fingerprint density at radius 2 is 1.65 bits per heavy atom. The molecule has 3 amide bonds. The molecule has 0 unspecified atom stereocenters. The van der Waals surface area contributed by atoms with E-state index in [-0.39, 0.29) is 24.4 Å². The van der Waals surface area contributed by atoms with Gasteiger partial charge in [0.25, 0.3) is 0 Å². The third kappa shape index (κ3) is 7.60. The first-order chi connectivity index (χ1) is 9.13. The molecule has 3 N–H and O–H groups in total. The van der Waals surface area contributed by atoms with E-state index in [1.54, 1.807) is 0 Å². The van der Waals surface area contributed by atoms with Crippen LogP contribution in [0.2, 0.25) is 0 Å². The van der Waals surface area contributed by atoms with E-state index in [1.165, 1.54) is 7.05 Å². The van der Waals surface area contributed by atoms with Gasteiger partial charge in [0.15, 0.2) is 0 Å². The fourth-order valence-corrected chi connectivity index (χ4v) is 1.61. The molecule has 0 rings (SSSR count). The van der Waals surface area contributed by atoms with Crippen LogP contribution in [0, 0.1) is 5.92 Å². The van der Waals surface area contributed by atoms with E-state index in [0.717, 1.165) is 4.90 Å². The number of nitrogens with zero attached hydrogens (tertiary/aromatic N) is 1. The summed E-state index contributed by atoms with van der Waals surface area (Å²) in [5.41, 5.74) is 0. The van der Waals surface area contributed by atoms with Gasteiger partial charge in [-0.25, -0.2) is 9.59 Å². The molecule has 116 valence electrons. The Morgan fingerprint density at radius 3 is 2.05 bits per heavy atom. The van der Waals surface area contributed by atoms with E-state index in [4.69, 9.17) is 5.11 Å². The number of carbonyl (C=O) groups excluding carboxylic acids is 2. The van der Waals surface area contributed by atoms with Gasteiger partial charge in [-0.2, -0.15) is 0 Å². The molecule has 0 aliphatic carbocycles. The van der Waals surface area contributed by atoms with Crippen LogP contribution in [0.25, 0.3) is 0 Å². The first-order valence-corrected chi connectivity index (χ1v) is 6.67. The second-order valence-corrected chi connectivity index (χ2v) is 5.55. The van der Waals surface area contributed by atoms with Crippen LogP contribution < -0.4 is 10.6 Å². The number of rotatable bonds is 7. The average molecular weight is 287 g/mol. The first-order valence-electron chi connectivity index (χ1n) is 6.67. The highest BCUT2D eigenvalue weighted by Gasteiger charge is 2.23. The lowest BCUT2D eigenvalue weighted by Crippen LogP contribution is -2.50. The lowest BCUT2D eigenvalue weighted by atomic mass is 10.0. The molecular formula is C13H25N3O4. The van der Waals surface area contributed by atoms with Crippen LogP contribution in [-0.2, 0) is 9.59 Å². The second kappa shape index (κ2) is 8.39. The molecule has 0 saturated heterocycles. The van der Waals surface area contributed by atoms with Crippen molar-refractivity contribution in [2.24, 2.45) is 5.92 Å². The number of carboxylic acid groups (broad SMARTS) is 1. The van der Waals surface area contributed by atoms with Gasteiger partial charge in [0.1, 0.15) is 12.6 Å². The number of amides is 3. The molecule has 7 nitrogen and oxygen atoms in total. The number of nitrogens with one attached hydrogen (secondary N) is 2. The average Bonchev–Trinajstić information content (AvgIpc) is 2.25. The van der Waals surface area contributed by atoms with Crippen LogP contribution in [0.4, 0.5) is 4.79 Å². The molecule has 0 aliphatic rings. The summed E-state index contributed by atoms with van der Waals surface area (Å²) in [5, 5.41) is 14.1. The van der Waals surface area contributed by atoms with Crippen molar-refractivity contribution in [3.8, 4) is 0 Å². The highest BCUT2D eigenvalue weighted by atomic mass is 16.4. The number of likely N-dealkylation sites (N-methyl/N-ethyl adjacent to an activating group) is 1. The zero-order valence-corrected chi connectivity index (χ0v) is 12.8. The molecule has 0 aromatic carbocycles. The van der Waals surface area contributed by atoms with Gasteiger partial charge in [-0.05, 0) is 26.2 Å². The number of carbonyl (C=O) groups is 3. The number of urea groups is 1. The van der Waals surface area contributed by atoms with Gasteiger partial charge < -0.3 is 20.6 Å². The number of hydrogen-bond donors (Lipinski definition) is 3. The van der Waals surface area contributed by atoms with E-state index in [1.807, 2.05) is 27.7 Å². The SMILES string of the molecule is CC(C)C[C@H](NC(=O)N(C)CC(=O)NC(C)C)C(=O)O. The number of carboxylic acids is 1. The Balaban J connectivity index is 4.42. The number of aliphatic carboxylic acids is 1. The Labute approximate surface area is 119 Å². The largest absolute Gasteiger partial charge is 0.480 e. The van der Waals surface area contributed by atoms with Gasteiger partial charge in [-0.1, -0.05) is 13.8 Å². The van der Waals surface area contributed by atoms with Crippen LogP contribution in [0.15, 0.2) is 0 Å². The summed E-state index contributed by atoms with van der Waals surface area (Å²) in [6.07, 6.45) is 0.340. The number of hydrogen-bond acceptors (Lipinski definition) is 3. The summed E-state index contributed by atoms with van der Waals surface area (Å²) >= 11 is 0. The second-order valence-electron chi connectivity index (χ2n) is 5.55. The van der Waals surface area contributed by atoms with Crippen molar-refractivity contribution in [2.45, 2.75) is 46.2 Å². The lowest BCUT2D eigenvalue weighted by molar-refractivity contribution is -0.139. The minimum absolute atomic E-state index is 0.00771. The van der Waals surface area contributed by atoms with Crippen molar-refractivity contribution in [3.63, 3.8) is 0 Å². The van der Waals surface area contributed by atoms with E-state index in [2.05, 4.69) is 10.6 Å². The zero-order chi connectivity index (χ0) is 15.9. The predicted octanol–water partition coefficient (Wildman–Crippen LogP) is 0.652. The smallest absolute Gasteiger partial charge is 0.326 e. The summed E-state index contributed by atoms with van der Waals surface area (Å²) < 4.78 is 0. The summed E-state index contributed by atoms with van der Waals surface area (Å²) in [4.78, 5) is 35.6. The molecular weight excluding hydrogens is 262 g/mol. The van der Waals surface area contributed by atoms with Crippen LogP contribution in [0.1, 0.15) is 34.1 Å². The van der Waals surface area contributed by atoms with E-state index in [0.29, 0.717) is 6.42 Å². The van der Waals surface area contributed by atoms with E-state index >= 15 is 0 Å². The van der Waals surface area contributed by atoms with Crippen molar-refractivity contribution < 1.29 is 19.5 Å². The molecule has 0 bridgehead atoms. The highest BCUT2D eigenvalue weighted by molar-refractivity contribution is 5.86. The van der Waals surface area contributed by atoms with Gasteiger partial charge in [0.05, 0.1) is 0 Å². The molecule has 1 atom stereocenters. The maximum absolute atomic E-state index is 11.8. The van der Waals surface area contributed by atoms with Crippen molar-refractivity contribution in [3.05, 3.63) is 0 Å². The van der Waals surface area contributed by atoms with Gasteiger partial charge in [0, 0.05) is 13.1 Å². The maximum Gasteiger partial charge on any atom is 0.326 e. The Hall–Kier alpha value is -1.79. The predicted molar refractivity (Wildman–Crippen MR) is 75.3 cm³/mol. The molecule has 0 radical (unpaired) electrons. The van der Waals surface area contributed by atoms with Crippen LogP contribution in [0.5, 0.6) is 0 Å². The third-order valence-electron chi connectivity index (χ3n) is 2.48. The Morgan fingerprint density at radius 1 is 1.10 bits per heavy atom. The third-order valence-corrected chi connectivity index (χ3v) is 2.48. The van der Waals surface area contributed by atoms with Crippen LogP contribution in [-0.4, -0.2) is 53.6 Å². The highest BCUT2D eigenvalue weighted by Crippen LogP contribution is 2.05. The molecule has 0 aliphatic heterocycles. The van der Waals surface area contributed by atoms with E-state index in [9.17, 15) is 14.4 Å². The fraction of sp³-hybridized carbons (Fsp3) is 0.769. The lowest BCUT2D eigenvalue weighted by Gasteiger charge is -2.22. The molecule has 0 aromatic heterocycles. The topological polar surface area (TPSA) is 98.7 Å². The Bertz CT molecular complexity index is 356. The van der Waals surface area contributed by atoms with Crippen molar-refractivity contribution in [1.82, 2.24) is 15.5 Å². The van der Waals surface area contributed by atoms with E-state index < -0.39 is 18.0 Å². The van der Waals surface area contributed by atoms with Crippen molar-refractivity contribution in [2.75, 3.05) is 13.6 Å². The first kappa shape index (κ1) is 18.2. The summed E-state index contributed by atoms with van der Waals surface area (Å²) in [7, 11) is 1.45. The Kier molecular flexibility index (Phi) is 7.64. The molecule has 0 spiro atoms. The van der Waals surface area contributed by atoms with Crippen molar-refractivity contribution in [1.29, 1.82) is 0 Å². The molecule has 0 heterocycles. The summed E-state index contributed by atoms with van der Waals surface area (Å²) in [6, 6.07) is -1.53. The molecule has 0 saturated carbocycles. The zero-order valence-electron chi connectivity index (χ0n) is 12.8. The van der Waals surface area contributed by atoms with Gasteiger partial charge >= 0.3 is 12.0 Å². The molecule has 0 fully saturated rings. The fourth-order valence-electron chi connectivity index (χ4n) is 1.61. The molecule has 7 heteroatoms. The summed E-state index contributed by atoms with van der Waals surface area (Å²) in [5.74, 6) is -1.22. The van der Waals surface area contributed by atoms with Gasteiger partial charge in [-0.15, -0.1) is 0 Å². The van der Waals surface area contributed by atoms with Gasteiger partial charge in [0.2, 0.25) is 5.91 Å². The summed E-state index contributed by atoms with van der Waals surface area (Å²) in [6.45, 7) is 7.28.